The monoisotopic (exact) mass is 697 g/mol. The van der Waals surface area contributed by atoms with Crippen LogP contribution in [0.5, 0.6) is 5.75 Å². The Morgan fingerprint density at radius 2 is 1.71 bits per heavy atom. The van der Waals surface area contributed by atoms with E-state index in [1.165, 1.54) is 24.5 Å². The van der Waals surface area contributed by atoms with Gasteiger partial charge in [-0.15, -0.1) is 0 Å². The lowest BCUT2D eigenvalue weighted by molar-refractivity contribution is -0.111. The van der Waals surface area contributed by atoms with Crippen molar-refractivity contribution in [3.8, 4) is 16.9 Å². The molecule has 11 nitrogen and oxygen atoms in total. The minimum absolute atomic E-state index is 0.201. The lowest BCUT2D eigenvalue weighted by Gasteiger charge is -2.41. The fraction of sp³-hybridized carbons (Fsp3) is 0.342. The van der Waals surface area contributed by atoms with Crippen LogP contribution in [0, 0.1) is 11.6 Å². The van der Waals surface area contributed by atoms with E-state index in [9.17, 15) is 13.6 Å². The highest BCUT2D eigenvalue weighted by atomic mass is 19.1. The molecule has 2 N–H and O–H groups in total. The maximum absolute atomic E-state index is 14.0. The number of methoxy groups -OCH3 is 1. The summed E-state index contributed by atoms with van der Waals surface area (Å²) in [6.45, 7) is 9.25. The molecule has 0 radical (unpaired) electrons. The van der Waals surface area contributed by atoms with Crippen LogP contribution in [0.2, 0.25) is 0 Å². The molecule has 266 valence electrons. The van der Waals surface area contributed by atoms with Crippen LogP contribution in [0.3, 0.4) is 0 Å². The summed E-state index contributed by atoms with van der Waals surface area (Å²) >= 11 is 0. The topological polar surface area (TPSA) is 104 Å². The van der Waals surface area contributed by atoms with Gasteiger partial charge in [0.25, 0.3) is 0 Å². The quantitative estimate of drug-likeness (QED) is 0.179. The Morgan fingerprint density at radius 1 is 0.922 bits per heavy atom. The van der Waals surface area contributed by atoms with Crippen LogP contribution < -0.4 is 25.3 Å². The normalized spacial score (nSPS) is 18.5. The van der Waals surface area contributed by atoms with Crippen molar-refractivity contribution in [3.63, 3.8) is 0 Å². The Labute approximate surface area is 295 Å². The number of anilines is 5. The number of halogens is 2. The van der Waals surface area contributed by atoms with Crippen molar-refractivity contribution < 1.29 is 27.9 Å². The number of amides is 1. The number of piperidine rings is 1. The number of morpholine rings is 1. The molecule has 7 rings (SSSR count). The third-order valence-corrected chi connectivity index (χ3v) is 9.64. The number of hydroxylamine groups is 1. The van der Waals surface area contributed by atoms with E-state index in [1.807, 2.05) is 36.4 Å². The predicted octanol–water partition coefficient (Wildman–Crippen LogP) is 6.48. The first-order chi connectivity index (χ1) is 24.9. The summed E-state index contributed by atoms with van der Waals surface area (Å²) in [4.78, 5) is 32.4. The second-order valence-electron chi connectivity index (χ2n) is 12.8. The van der Waals surface area contributed by atoms with Gasteiger partial charge in [0.05, 0.1) is 50.0 Å². The number of nitrogens with zero attached hydrogens (tertiary/aromatic N) is 5. The summed E-state index contributed by atoms with van der Waals surface area (Å²) in [5.74, 6) is 0.00933. The standard InChI is InChI=1S/C38H41F2N7O4/c1-3-38(48)44-31-21-32(35(49-2)22-34(31)46-10-7-30(8-11-46)45-12-15-50-16-13-45)43-36-23-37(42-24-41-36)47-33(9-14-51-47)26-6-4-5-25(17-26)27-18-28(39)20-29(40)19-27/h3-6,17-24,30,33H,1,7-16H2,2H3,(H,44,48)(H,41,42,43). The Morgan fingerprint density at radius 3 is 2.45 bits per heavy atom. The second kappa shape index (κ2) is 15.4. The zero-order valence-corrected chi connectivity index (χ0v) is 28.5. The molecule has 1 unspecified atom stereocenters. The average molecular weight is 698 g/mol. The molecule has 3 aromatic carbocycles. The summed E-state index contributed by atoms with van der Waals surface area (Å²) in [6.07, 6.45) is 5.39. The molecule has 1 aromatic heterocycles. The molecule has 0 spiro atoms. The first-order valence-corrected chi connectivity index (χ1v) is 17.2. The molecule has 3 aliphatic rings. The number of hydrogen-bond donors (Lipinski definition) is 2. The van der Waals surface area contributed by atoms with Gasteiger partial charge in [-0.25, -0.2) is 23.8 Å². The second-order valence-corrected chi connectivity index (χ2v) is 12.8. The zero-order chi connectivity index (χ0) is 35.3. The number of aromatic nitrogens is 2. The molecule has 0 bridgehead atoms. The fourth-order valence-corrected chi connectivity index (χ4v) is 7.11. The molecule has 13 heteroatoms. The number of benzene rings is 3. The molecular weight excluding hydrogens is 656 g/mol. The molecule has 0 saturated carbocycles. The van der Waals surface area contributed by atoms with Gasteiger partial charge in [0.2, 0.25) is 5.91 Å². The van der Waals surface area contributed by atoms with Gasteiger partial charge in [0.15, 0.2) is 5.82 Å². The maximum Gasteiger partial charge on any atom is 0.247 e. The van der Waals surface area contributed by atoms with Crippen molar-refractivity contribution in [2.45, 2.75) is 31.3 Å². The first-order valence-electron chi connectivity index (χ1n) is 17.2. The van der Waals surface area contributed by atoms with E-state index in [0.717, 1.165) is 69.6 Å². The van der Waals surface area contributed by atoms with Gasteiger partial charge < -0.3 is 25.0 Å². The molecule has 1 atom stereocenters. The zero-order valence-electron chi connectivity index (χ0n) is 28.5. The molecule has 1 amide bonds. The molecule has 51 heavy (non-hydrogen) atoms. The fourth-order valence-electron chi connectivity index (χ4n) is 7.11. The van der Waals surface area contributed by atoms with E-state index in [0.29, 0.717) is 59.0 Å². The first kappa shape index (κ1) is 34.3. The summed E-state index contributed by atoms with van der Waals surface area (Å²) in [5.41, 5.74) is 4.16. The highest BCUT2D eigenvalue weighted by Gasteiger charge is 2.30. The van der Waals surface area contributed by atoms with Gasteiger partial charge >= 0.3 is 0 Å². The van der Waals surface area contributed by atoms with Crippen molar-refractivity contribution in [3.05, 3.63) is 96.8 Å². The van der Waals surface area contributed by atoms with Gasteiger partial charge in [-0.3, -0.25) is 14.5 Å². The van der Waals surface area contributed by atoms with Gasteiger partial charge in [0.1, 0.15) is 29.5 Å². The van der Waals surface area contributed by atoms with E-state index in [-0.39, 0.29) is 11.9 Å². The molecule has 4 heterocycles. The summed E-state index contributed by atoms with van der Waals surface area (Å²) in [6, 6.07) is 16.9. The van der Waals surface area contributed by atoms with Crippen molar-refractivity contribution in [2.75, 3.05) is 73.7 Å². The van der Waals surface area contributed by atoms with Crippen LogP contribution in [0.25, 0.3) is 11.1 Å². The maximum atomic E-state index is 14.0. The SMILES string of the molecule is C=CC(=O)Nc1cc(Nc2cc(N3OCCC3c3cccc(-c4cc(F)cc(F)c4)c3)ncn2)c(OC)cc1N1CCC(N2CCOCC2)CC1. The average Bonchev–Trinajstić information content (AvgIpc) is 3.66. The number of nitrogens with one attached hydrogen (secondary N) is 2. The largest absolute Gasteiger partial charge is 0.494 e. The summed E-state index contributed by atoms with van der Waals surface area (Å²) in [7, 11) is 1.61. The number of carbonyl (C=O) groups is 1. The molecule has 3 fully saturated rings. The molecule has 3 saturated heterocycles. The minimum atomic E-state index is -0.632. The smallest absolute Gasteiger partial charge is 0.247 e. The number of rotatable bonds is 10. The summed E-state index contributed by atoms with van der Waals surface area (Å²) < 4.78 is 39.4. The van der Waals surface area contributed by atoms with Crippen LogP contribution in [-0.4, -0.2) is 79.9 Å². The summed E-state index contributed by atoms with van der Waals surface area (Å²) in [5, 5.41) is 8.07. The van der Waals surface area contributed by atoms with E-state index >= 15 is 0 Å². The molecule has 4 aromatic rings. The van der Waals surface area contributed by atoms with Gasteiger partial charge in [-0.2, -0.15) is 0 Å². The van der Waals surface area contributed by atoms with Crippen LogP contribution in [0.1, 0.15) is 30.9 Å². The van der Waals surface area contributed by atoms with Gasteiger partial charge in [0, 0.05) is 56.8 Å². The minimum Gasteiger partial charge on any atom is -0.494 e. The Balaban J connectivity index is 1.12. The van der Waals surface area contributed by atoms with Crippen LogP contribution in [0.4, 0.5) is 37.5 Å². The number of ether oxygens (including phenoxy) is 2. The van der Waals surface area contributed by atoms with E-state index < -0.39 is 11.6 Å². The number of carbonyl (C=O) groups excluding carboxylic acids is 1. The predicted molar refractivity (Wildman–Crippen MR) is 192 cm³/mol. The number of hydrogen-bond acceptors (Lipinski definition) is 10. The van der Waals surface area contributed by atoms with Crippen LogP contribution in [0.15, 0.2) is 79.6 Å². The lowest BCUT2D eigenvalue weighted by Crippen LogP contribution is -2.49. The Hall–Kier alpha value is -5.11. The molecule has 3 aliphatic heterocycles. The highest BCUT2D eigenvalue weighted by molar-refractivity contribution is 6.02. The van der Waals surface area contributed by atoms with Crippen LogP contribution in [-0.2, 0) is 14.4 Å². The van der Waals surface area contributed by atoms with E-state index in [4.69, 9.17) is 14.3 Å². The van der Waals surface area contributed by atoms with Gasteiger partial charge in [-0.05, 0) is 59.9 Å². The third-order valence-electron chi connectivity index (χ3n) is 9.64. The Bertz CT molecular complexity index is 1860. The Kier molecular flexibility index (Phi) is 10.4. The van der Waals surface area contributed by atoms with E-state index in [2.05, 4.69) is 37.0 Å². The molecular formula is C38H41F2N7O4. The molecule has 0 aliphatic carbocycles. The van der Waals surface area contributed by atoms with Crippen molar-refractivity contribution >= 4 is 34.6 Å². The lowest BCUT2D eigenvalue weighted by atomic mass is 9.98. The highest BCUT2D eigenvalue weighted by Crippen LogP contribution is 2.41. The van der Waals surface area contributed by atoms with Crippen LogP contribution >= 0.6 is 0 Å². The van der Waals surface area contributed by atoms with Crippen molar-refractivity contribution in [1.29, 1.82) is 0 Å². The third kappa shape index (κ3) is 7.80. The van der Waals surface area contributed by atoms with E-state index in [1.54, 1.807) is 18.2 Å². The van der Waals surface area contributed by atoms with Crippen molar-refractivity contribution in [2.24, 2.45) is 0 Å². The van der Waals surface area contributed by atoms with Gasteiger partial charge in [-0.1, -0.05) is 24.8 Å². The van der Waals surface area contributed by atoms with Crippen molar-refractivity contribution in [1.82, 2.24) is 14.9 Å².